The van der Waals surface area contributed by atoms with E-state index in [1.54, 1.807) is 0 Å². The highest BCUT2D eigenvalue weighted by molar-refractivity contribution is 6.07. The van der Waals surface area contributed by atoms with Gasteiger partial charge in [0.05, 0.1) is 6.61 Å². The second kappa shape index (κ2) is 5.07. The third-order valence-electron chi connectivity index (χ3n) is 3.90. The number of urea groups is 1. The molecule has 1 atom stereocenters. The molecule has 1 N–H and O–H groups in total. The van der Waals surface area contributed by atoms with Crippen LogP contribution in [0.25, 0.3) is 0 Å². The predicted molar refractivity (Wildman–Crippen MR) is 68.5 cm³/mol. The smallest absolute Gasteiger partial charge is 0.325 e. The minimum Gasteiger partial charge on any atom is -0.378 e. The van der Waals surface area contributed by atoms with Crippen molar-refractivity contribution in [3.63, 3.8) is 0 Å². The Kier molecular flexibility index (Phi) is 3.36. The summed E-state index contributed by atoms with van der Waals surface area (Å²) in [6.45, 7) is 0.577. The molecule has 2 saturated heterocycles. The van der Waals surface area contributed by atoms with Gasteiger partial charge in [-0.3, -0.25) is 9.69 Å². The number of amides is 3. The highest BCUT2D eigenvalue weighted by atomic mass is 19.2. The quantitative estimate of drug-likeness (QED) is 0.853. The number of carbonyl (C=O) groups excluding carboxylic acids is 2. The molecule has 0 bridgehead atoms. The first-order chi connectivity index (χ1) is 10.0. The molecular weight excluding hydrogens is 282 g/mol. The standard InChI is InChI=1S/C14H14F2N2O3/c15-10-3-1-2-9(11(10)16)4-6-18-12(19)14(17-13(18)20)5-7-21-8-14/h1-3H,4-8H2,(H,17,20)/t14-/m1/s1. The lowest BCUT2D eigenvalue weighted by molar-refractivity contribution is -0.131. The number of rotatable bonds is 3. The maximum atomic E-state index is 13.6. The van der Waals surface area contributed by atoms with Crippen LogP contribution in [0.5, 0.6) is 0 Å². The fourth-order valence-corrected chi connectivity index (χ4v) is 2.69. The van der Waals surface area contributed by atoms with Gasteiger partial charge >= 0.3 is 6.03 Å². The molecule has 0 radical (unpaired) electrons. The number of nitrogens with one attached hydrogen (secondary N) is 1. The first-order valence-electron chi connectivity index (χ1n) is 6.68. The fourth-order valence-electron chi connectivity index (χ4n) is 2.69. The van der Waals surface area contributed by atoms with E-state index >= 15 is 0 Å². The Morgan fingerprint density at radius 1 is 1.33 bits per heavy atom. The van der Waals surface area contributed by atoms with E-state index in [0.29, 0.717) is 13.0 Å². The maximum Gasteiger partial charge on any atom is 0.325 e. The molecule has 21 heavy (non-hydrogen) atoms. The van der Waals surface area contributed by atoms with Crippen LogP contribution in [0.1, 0.15) is 12.0 Å². The normalized spacial score (nSPS) is 25.0. The van der Waals surface area contributed by atoms with Crippen molar-refractivity contribution < 1.29 is 23.1 Å². The van der Waals surface area contributed by atoms with E-state index < -0.39 is 23.2 Å². The molecule has 1 spiro atoms. The van der Waals surface area contributed by atoms with Gasteiger partial charge in [0.25, 0.3) is 5.91 Å². The Labute approximate surface area is 119 Å². The Morgan fingerprint density at radius 2 is 2.14 bits per heavy atom. The molecule has 2 aliphatic rings. The van der Waals surface area contributed by atoms with Gasteiger partial charge in [0.15, 0.2) is 11.6 Å². The van der Waals surface area contributed by atoms with Gasteiger partial charge in [-0.05, 0) is 18.1 Å². The van der Waals surface area contributed by atoms with Crippen molar-refractivity contribution >= 4 is 11.9 Å². The van der Waals surface area contributed by atoms with Crippen LogP contribution in [0.2, 0.25) is 0 Å². The van der Waals surface area contributed by atoms with Gasteiger partial charge in [0, 0.05) is 19.6 Å². The summed E-state index contributed by atoms with van der Waals surface area (Å²) < 4.78 is 31.9. The topological polar surface area (TPSA) is 58.6 Å². The summed E-state index contributed by atoms with van der Waals surface area (Å²) in [5.41, 5.74) is -0.836. The van der Waals surface area contributed by atoms with Gasteiger partial charge in [0.2, 0.25) is 0 Å². The Hall–Kier alpha value is -2.02. The third-order valence-corrected chi connectivity index (χ3v) is 3.90. The van der Waals surface area contributed by atoms with E-state index in [1.807, 2.05) is 0 Å². The lowest BCUT2D eigenvalue weighted by atomic mass is 9.99. The molecule has 7 heteroatoms. The average Bonchev–Trinajstić information content (AvgIpc) is 3.00. The van der Waals surface area contributed by atoms with Gasteiger partial charge in [0.1, 0.15) is 5.54 Å². The van der Waals surface area contributed by atoms with Crippen molar-refractivity contribution in [2.75, 3.05) is 19.8 Å². The molecule has 2 fully saturated rings. The van der Waals surface area contributed by atoms with Gasteiger partial charge in [-0.2, -0.15) is 0 Å². The number of imide groups is 1. The predicted octanol–water partition coefficient (Wildman–Crippen LogP) is 1.22. The third kappa shape index (κ3) is 2.27. The first kappa shape index (κ1) is 13.9. The van der Waals surface area contributed by atoms with Gasteiger partial charge in [-0.1, -0.05) is 12.1 Å². The highest BCUT2D eigenvalue weighted by Crippen LogP contribution is 2.27. The summed E-state index contributed by atoms with van der Waals surface area (Å²) in [7, 11) is 0. The largest absolute Gasteiger partial charge is 0.378 e. The number of carbonyl (C=O) groups is 2. The molecule has 2 heterocycles. The summed E-state index contributed by atoms with van der Waals surface area (Å²) in [5.74, 6) is -2.24. The van der Waals surface area contributed by atoms with Crippen LogP contribution in [0.3, 0.4) is 0 Å². The first-order valence-corrected chi connectivity index (χ1v) is 6.68. The van der Waals surface area contributed by atoms with Crippen molar-refractivity contribution in [2.24, 2.45) is 0 Å². The maximum absolute atomic E-state index is 13.6. The molecule has 3 rings (SSSR count). The number of nitrogens with zero attached hydrogens (tertiary/aromatic N) is 1. The van der Waals surface area contributed by atoms with E-state index in [9.17, 15) is 18.4 Å². The Bertz CT molecular complexity index is 600. The second-order valence-electron chi connectivity index (χ2n) is 5.23. The van der Waals surface area contributed by atoms with Crippen molar-refractivity contribution in [3.05, 3.63) is 35.4 Å². The van der Waals surface area contributed by atoms with E-state index in [4.69, 9.17) is 4.74 Å². The van der Waals surface area contributed by atoms with Gasteiger partial charge < -0.3 is 10.1 Å². The van der Waals surface area contributed by atoms with Crippen LogP contribution in [0, 0.1) is 11.6 Å². The van der Waals surface area contributed by atoms with Crippen LogP contribution in [-0.4, -0.2) is 42.1 Å². The van der Waals surface area contributed by atoms with Crippen LogP contribution in [-0.2, 0) is 16.0 Å². The molecule has 0 unspecified atom stereocenters. The lowest BCUT2D eigenvalue weighted by Gasteiger charge is -2.18. The van der Waals surface area contributed by atoms with E-state index in [2.05, 4.69) is 5.32 Å². The highest BCUT2D eigenvalue weighted by Gasteiger charge is 2.53. The lowest BCUT2D eigenvalue weighted by Crippen LogP contribution is -2.47. The second-order valence-corrected chi connectivity index (χ2v) is 5.23. The molecule has 112 valence electrons. The minimum absolute atomic E-state index is 0.00674. The van der Waals surface area contributed by atoms with Crippen LogP contribution >= 0.6 is 0 Å². The zero-order valence-corrected chi connectivity index (χ0v) is 11.2. The molecule has 3 amide bonds. The van der Waals surface area contributed by atoms with Crippen LogP contribution < -0.4 is 5.32 Å². The summed E-state index contributed by atoms with van der Waals surface area (Å²) >= 11 is 0. The van der Waals surface area contributed by atoms with Crippen LogP contribution in [0.15, 0.2) is 18.2 Å². The number of ether oxygens (including phenoxy) is 1. The van der Waals surface area contributed by atoms with Crippen molar-refractivity contribution in [1.29, 1.82) is 0 Å². The van der Waals surface area contributed by atoms with Crippen molar-refractivity contribution in [2.45, 2.75) is 18.4 Å². The molecular formula is C14H14F2N2O3. The van der Waals surface area contributed by atoms with Gasteiger partial charge in [-0.25, -0.2) is 13.6 Å². The van der Waals surface area contributed by atoms with E-state index in [1.165, 1.54) is 12.1 Å². The molecule has 1 aromatic carbocycles. The molecule has 0 saturated carbocycles. The summed E-state index contributed by atoms with van der Waals surface area (Å²) in [5, 5.41) is 2.64. The number of halogens is 2. The molecule has 5 nitrogen and oxygen atoms in total. The fraction of sp³-hybridized carbons (Fsp3) is 0.429. The summed E-state index contributed by atoms with van der Waals surface area (Å²) in [4.78, 5) is 25.2. The Balaban J connectivity index is 1.72. The average molecular weight is 296 g/mol. The molecule has 2 aliphatic heterocycles. The minimum atomic E-state index is -0.975. The monoisotopic (exact) mass is 296 g/mol. The number of hydrogen-bond donors (Lipinski definition) is 1. The zero-order valence-electron chi connectivity index (χ0n) is 11.2. The van der Waals surface area contributed by atoms with E-state index in [-0.39, 0.29) is 31.0 Å². The zero-order chi connectivity index (χ0) is 15.0. The SMILES string of the molecule is O=C1N[C@@]2(CCOC2)C(=O)N1CCc1cccc(F)c1F. The molecule has 0 aliphatic carbocycles. The van der Waals surface area contributed by atoms with Crippen molar-refractivity contribution in [1.82, 2.24) is 10.2 Å². The van der Waals surface area contributed by atoms with Crippen LogP contribution in [0.4, 0.5) is 13.6 Å². The van der Waals surface area contributed by atoms with Gasteiger partial charge in [-0.15, -0.1) is 0 Å². The number of benzene rings is 1. The molecule has 0 aromatic heterocycles. The van der Waals surface area contributed by atoms with Crippen molar-refractivity contribution in [3.8, 4) is 0 Å². The Morgan fingerprint density at radius 3 is 2.86 bits per heavy atom. The van der Waals surface area contributed by atoms with E-state index in [0.717, 1.165) is 11.0 Å². The number of hydrogen-bond acceptors (Lipinski definition) is 3. The molecule has 1 aromatic rings. The summed E-state index contributed by atoms with van der Waals surface area (Å²) in [6.07, 6.45) is 0.502. The summed E-state index contributed by atoms with van der Waals surface area (Å²) in [6, 6.07) is 3.34.